The van der Waals surface area contributed by atoms with E-state index < -0.39 is 11.5 Å². The van der Waals surface area contributed by atoms with E-state index in [0.717, 1.165) is 0 Å². The summed E-state index contributed by atoms with van der Waals surface area (Å²) in [5.74, 6) is -0.780. The molecule has 0 saturated carbocycles. The number of fused-ring (bicyclic) bond motifs is 1. The Morgan fingerprint density at radius 2 is 2.29 bits per heavy atom. The fourth-order valence-corrected chi connectivity index (χ4v) is 1.82. The van der Waals surface area contributed by atoms with Crippen LogP contribution in [-0.4, -0.2) is 11.5 Å². The van der Waals surface area contributed by atoms with Crippen LogP contribution < -0.4 is 0 Å². The second-order valence-corrected chi connectivity index (χ2v) is 3.59. The van der Waals surface area contributed by atoms with Gasteiger partial charge in [-0.3, -0.25) is 4.79 Å². The van der Waals surface area contributed by atoms with Crippen molar-refractivity contribution in [2.24, 2.45) is 0 Å². The van der Waals surface area contributed by atoms with Crippen molar-refractivity contribution in [1.29, 1.82) is 5.26 Å². The number of benzene rings is 1. The maximum atomic E-state index is 13.6. The molecule has 1 atom stereocenters. The number of carbonyl (C=O) groups excluding carboxylic acids is 1. The van der Waals surface area contributed by atoms with Crippen molar-refractivity contribution in [3.63, 3.8) is 0 Å². The van der Waals surface area contributed by atoms with Crippen LogP contribution in [-0.2, 0) is 6.42 Å². The van der Waals surface area contributed by atoms with E-state index in [4.69, 9.17) is 16.9 Å². The predicted octanol–water partition coefficient (Wildman–Crippen LogP) is 2.31. The van der Waals surface area contributed by atoms with Gasteiger partial charge in [0.15, 0.2) is 0 Å². The zero-order chi connectivity index (χ0) is 10.3. The zero-order valence-electron chi connectivity index (χ0n) is 7.05. The molecule has 0 heterocycles. The Morgan fingerprint density at radius 3 is 2.86 bits per heavy atom. The van der Waals surface area contributed by atoms with E-state index >= 15 is 0 Å². The number of rotatable bonds is 0. The van der Waals surface area contributed by atoms with Gasteiger partial charge >= 0.3 is 0 Å². The Kier molecular flexibility index (Phi) is 1.83. The molecule has 1 aliphatic rings. The van der Waals surface area contributed by atoms with E-state index in [9.17, 15) is 9.18 Å². The lowest BCUT2D eigenvalue weighted by atomic mass is 10.0. The van der Waals surface area contributed by atoms with Gasteiger partial charge in [-0.15, -0.1) is 0 Å². The second-order valence-electron chi connectivity index (χ2n) is 3.18. The molecule has 4 heteroatoms. The first-order chi connectivity index (χ1) is 6.58. The topological polar surface area (TPSA) is 40.9 Å². The fraction of sp³-hybridized carbons (Fsp3) is 0.200. The summed E-state index contributed by atoms with van der Waals surface area (Å²) in [6.45, 7) is 0. The molecule has 70 valence electrons. The Bertz CT molecular complexity index is 466. The normalized spacial score (nSPS) is 24.5. The molecule has 0 aromatic heterocycles. The van der Waals surface area contributed by atoms with Gasteiger partial charge < -0.3 is 0 Å². The maximum absolute atomic E-state index is 13.6. The minimum absolute atomic E-state index is 0.224. The van der Waals surface area contributed by atoms with Gasteiger partial charge in [0.25, 0.3) is 5.67 Å². The highest BCUT2D eigenvalue weighted by Gasteiger charge is 2.47. The molecular formula is C10H5ClFNO. The van der Waals surface area contributed by atoms with Gasteiger partial charge in [0, 0.05) is 17.0 Å². The van der Waals surface area contributed by atoms with Crippen LogP contribution in [0.2, 0.25) is 5.02 Å². The first kappa shape index (κ1) is 9.17. The maximum Gasteiger partial charge on any atom is 0.262 e. The van der Waals surface area contributed by atoms with Gasteiger partial charge in [-0.25, -0.2) is 4.39 Å². The van der Waals surface area contributed by atoms with Crippen molar-refractivity contribution in [3.8, 4) is 6.07 Å². The van der Waals surface area contributed by atoms with E-state index in [-0.39, 0.29) is 12.0 Å². The van der Waals surface area contributed by atoms with E-state index in [0.29, 0.717) is 10.6 Å². The minimum atomic E-state index is -2.42. The number of halogens is 2. The number of nitriles is 1. The largest absolute Gasteiger partial charge is 0.289 e. The molecule has 14 heavy (non-hydrogen) atoms. The molecule has 0 N–H and O–H groups in total. The Balaban J connectivity index is 2.63. The summed E-state index contributed by atoms with van der Waals surface area (Å²) in [5.41, 5.74) is -1.77. The molecule has 0 spiro atoms. The molecule has 0 aliphatic heterocycles. The highest BCUT2D eigenvalue weighted by molar-refractivity contribution is 6.32. The molecular weight excluding hydrogens is 205 g/mol. The number of hydrogen-bond donors (Lipinski definition) is 0. The van der Waals surface area contributed by atoms with Crippen LogP contribution >= 0.6 is 11.6 Å². The zero-order valence-corrected chi connectivity index (χ0v) is 7.81. The lowest BCUT2D eigenvalue weighted by Crippen LogP contribution is -2.27. The first-order valence-corrected chi connectivity index (χ1v) is 4.38. The predicted molar refractivity (Wildman–Crippen MR) is 48.9 cm³/mol. The standard InChI is InChI=1S/C10H5ClFNO/c11-8-3-1-2-6-7(8)4-10(12,5-13)9(6)14/h1-3H,4H2. The number of Topliss-reactive ketones (excluding diaryl/α,β-unsaturated/α-hetero) is 1. The highest BCUT2D eigenvalue weighted by atomic mass is 35.5. The molecule has 1 aliphatic carbocycles. The lowest BCUT2D eigenvalue weighted by molar-refractivity contribution is 0.0820. The third-order valence-corrected chi connectivity index (χ3v) is 2.68. The monoisotopic (exact) mass is 209 g/mol. The van der Waals surface area contributed by atoms with Crippen LogP contribution in [0.4, 0.5) is 4.39 Å². The van der Waals surface area contributed by atoms with Gasteiger partial charge in [0.2, 0.25) is 5.78 Å². The minimum Gasteiger partial charge on any atom is -0.289 e. The number of carbonyl (C=O) groups is 1. The van der Waals surface area contributed by atoms with E-state index in [1.807, 2.05) is 0 Å². The molecule has 1 aromatic carbocycles. The Morgan fingerprint density at radius 1 is 1.57 bits per heavy atom. The van der Waals surface area contributed by atoms with Crippen LogP contribution in [0.3, 0.4) is 0 Å². The average molecular weight is 210 g/mol. The Labute approximate surface area is 84.9 Å². The summed E-state index contributed by atoms with van der Waals surface area (Å²) in [5, 5.41) is 8.91. The molecule has 0 bridgehead atoms. The summed E-state index contributed by atoms with van der Waals surface area (Å²) in [4.78, 5) is 11.4. The van der Waals surface area contributed by atoms with E-state index in [2.05, 4.69) is 0 Å². The van der Waals surface area contributed by atoms with Gasteiger partial charge in [0.1, 0.15) is 6.07 Å². The van der Waals surface area contributed by atoms with Crippen molar-refractivity contribution in [2.45, 2.75) is 12.1 Å². The van der Waals surface area contributed by atoms with Gasteiger partial charge in [-0.2, -0.15) is 5.26 Å². The smallest absolute Gasteiger partial charge is 0.262 e. The summed E-state index contributed by atoms with van der Waals surface area (Å²) >= 11 is 5.79. The van der Waals surface area contributed by atoms with E-state index in [1.165, 1.54) is 12.1 Å². The third-order valence-electron chi connectivity index (χ3n) is 2.32. The fourth-order valence-electron chi connectivity index (χ4n) is 1.58. The molecule has 2 rings (SSSR count). The number of nitrogens with zero attached hydrogens (tertiary/aromatic N) is 1. The van der Waals surface area contributed by atoms with Crippen LogP contribution in [0.15, 0.2) is 18.2 Å². The van der Waals surface area contributed by atoms with Crippen molar-refractivity contribution in [2.75, 3.05) is 0 Å². The van der Waals surface area contributed by atoms with Gasteiger partial charge in [-0.1, -0.05) is 23.7 Å². The van der Waals surface area contributed by atoms with Crippen molar-refractivity contribution in [3.05, 3.63) is 34.3 Å². The van der Waals surface area contributed by atoms with Crippen molar-refractivity contribution < 1.29 is 9.18 Å². The van der Waals surface area contributed by atoms with Crippen LogP contribution in [0.25, 0.3) is 0 Å². The Hall–Kier alpha value is -1.40. The molecule has 0 amide bonds. The van der Waals surface area contributed by atoms with Crippen molar-refractivity contribution >= 4 is 17.4 Å². The third kappa shape index (κ3) is 1.04. The lowest BCUT2D eigenvalue weighted by Gasteiger charge is -2.04. The molecule has 0 radical (unpaired) electrons. The quantitative estimate of drug-likeness (QED) is 0.658. The summed E-state index contributed by atoms with van der Waals surface area (Å²) in [7, 11) is 0. The molecule has 1 unspecified atom stereocenters. The average Bonchev–Trinajstić information content (AvgIpc) is 2.44. The second kappa shape index (κ2) is 2.79. The van der Waals surface area contributed by atoms with Crippen LogP contribution in [0.5, 0.6) is 0 Å². The van der Waals surface area contributed by atoms with Gasteiger partial charge in [0.05, 0.1) is 0 Å². The number of alkyl halides is 1. The summed E-state index contributed by atoms with van der Waals surface area (Å²) in [6.07, 6.45) is -0.239. The highest BCUT2D eigenvalue weighted by Crippen LogP contribution is 2.36. The molecule has 2 nitrogen and oxygen atoms in total. The molecule has 0 fully saturated rings. The number of ketones is 1. The number of hydrogen-bond acceptors (Lipinski definition) is 2. The van der Waals surface area contributed by atoms with Gasteiger partial charge in [-0.05, 0) is 11.6 Å². The SMILES string of the molecule is N#CC1(F)Cc2c(Cl)cccc2C1=O. The summed E-state index contributed by atoms with van der Waals surface area (Å²) in [6, 6.07) is 6.03. The van der Waals surface area contributed by atoms with Crippen molar-refractivity contribution in [1.82, 2.24) is 0 Å². The van der Waals surface area contributed by atoms with Crippen LogP contribution in [0, 0.1) is 11.3 Å². The van der Waals surface area contributed by atoms with E-state index in [1.54, 1.807) is 12.1 Å². The molecule has 1 aromatic rings. The first-order valence-electron chi connectivity index (χ1n) is 4.01. The molecule has 0 saturated heterocycles. The summed E-state index contributed by atoms with van der Waals surface area (Å²) < 4.78 is 13.6. The van der Waals surface area contributed by atoms with Crippen LogP contribution in [0.1, 0.15) is 15.9 Å².